The summed E-state index contributed by atoms with van der Waals surface area (Å²) in [5.74, 6) is 0. The van der Waals surface area contributed by atoms with Gasteiger partial charge in [-0.15, -0.1) is 0 Å². The fraction of sp³-hybridized carbons (Fsp3) is 0.333. The predicted octanol–water partition coefficient (Wildman–Crippen LogP) is 4.37. The maximum Gasteiger partial charge on any atom is 0.297 e. The zero-order valence-electron chi connectivity index (χ0n) is 19.9. The Kier molecular flexibility index (Phi) is 7.50. The second-order valence-corrected chi connectivity index (χ2v) is 11.7. The number of fused-ring (bicyclic) bond motifs is 1. The molecule has 0 bridgehead atoms. The number of hydrogen-bond acceptors (Lipinski definition) is 8. The van der Waals surface area contributed by atoms with Gasteiger partial charge < -0.3 is 19.3 Å². The quantitative estimate of drug-likeness (QED) is 0.472. The maximum atomic E-state index is 13.2. The molecular formula is C27H28O7S2. The number of aliphatic hydroxyl groups excluding tert-OH is 1. The number of aliphatic hydroxyl groups is 1. The molecule has 190 valence electrons. The normalized spacial score (nSPS) is 28.4. The molecule has 0 saturated carbocycles. The first kappa shape index (κ1) is 25.4. The van der Waals surface area contributed by atoms with E-state index >= 15 is 0 Å². The molecule has 0 aliphatic carbocycles. The van der Waals surface area contributed by atoms with Crippen LogP contribution in [0.5, 0.6) is 0 Å². The Morgan fingerprint density at radius 3 is 2.19 bits per heavy atom. The lowest BCUT2D eigenvalue weighted by Crippen LogP contribution is -2.62. The summed E-state index contributed by atoms with van der Waals surface area (Å²) >= 11 is 1.30. The van der Waals surface area contributed by atoms with E-state index in [2.05, 4.69) is 0 Å². The molecule has 2 heterocycles. The van der Waals surface area contributed by atoms with Gasteiger partial charge >= 0.3 is 0 Å². The molecule has 1 N–H and O–H groups in total. The van der Waals surface area contributed by atoms with Gasteiger partial charge in [0.15, 0.2) is 6.29 Å². The van der Waals surface area contributed by atoms with Crippen LogP contribution in [0.3, 0.4) is 0 Å². The van der Waals surface area contributed by atoms with Crippen LogP contribution in [0.15, 0.2) is 88.7 Å². The number of thioether (sulfide) groups is 1. The highest BCUT2D eigenvalue weighted by atomic mass is 32.2. The lowest BCUT2D eigenvalue weighted by Gasteiger charge is -2.47. The number of ether oxygens (including phenoxy) is 3. The topological polar surface area (TPSA) is 91.3 Å². The summed E-state index contributed by atoms with van der Waals surface area (Å²) in [6.07, 6.45) is -4.72. The zero-order chi connectivity index (χ0) is 25.3. The predicted molar refractivity (Wildman–Crippen MR) is 135 cm³/mol. The molecule has 3 aromatic rings. The second kappa shape index (κ2) is 10.6. The number of rotatable bonds is 6. The highest BCUT2D eigenvalue weighted by Crippen LogP contribution is 2.40. The third kappa shape index (κ3) is 5.52. The minimum absolute atomic E-state index is 0.0118. The van der Waals surface area contributed by atoms with Crippen molar-refractivity contribution >= 4 is 21.9 Å². The Balaban J connectivity index is 1.43. The maximum absolute atomic E-state index is 13.2. The summed E-state index contributed by atoms with van der Waals surface area (Å²) in [4.78, 5) is 0.890. The molecule has 2 aliphatic rings. The second-order valence-electron chi connectivity index (χ2n) is 8.97. The van der Waals surface area contributed by atoms with Crippen molar-refractivity contribution in [2.24, 2.45) is 0 Å². The van der Waals surface area contributed by atoms with E-state index in [4.69, 9.17) is 18.4 Å². The third-order valence-electron chi connectivity index (χ3n) is 6.20. The van der Waals surface area contributed by atoms with Crippen LogP contribution in [0.1, 0.15) is 23.0 Å². The molecule has 0 aromatic heterocycles. The standard InChI is InChI=1S/C27H28O7S2/c1-17-8-12-20(13-9-17)35-27-23(28)25(34-36(29,30)21-14-10-18(2)11-15-21)24-22(32-27)16-31-26(33-24)19-6-4-3-5-7-19/h3-15,22-28H,16H2,1-2H3/t22-,23-,24-,25-,26?,27+/m1/s1. The number of hydrogen-bond donors (Lipinski definition) is 1. The van der Waals surface area contributed by atoms with Crippen LogP contribution >= 0.6 is 11.8 Å². The summed E-state index contributed by atoms with van der Waals surface area (Å²) in [6.45, 7) is 4.02. The minimum Gasteiger partial charge on any atom is -0.387 e. The monoisotopic (exact) mass is 528 g/mol. The van der Waals surface area contributed by atoms with Crippen LogP contribution in [0.2, 0.25) is 0 Å². The zero-order valence-corrected chi connectivity index (χ0v) is 21.5. The van der Waals surface area contributed by atoms with Crippen LogP contribution in [0, 0.1) is 13.8 Å². The van der Waals surface area contributed by atoms with Gasteiger partial charge in [-0.1, -0.05) is 77.5 Å². The molecule has 7 nitrogen and oxygen atoms in total. The summed E-state index contributed by atoms with van der Waals surface area (Å²) in [5.41, 5.74) is 2.03. The first-order valence-corrected chi connectivity index (χ1v) is 14.0. The average molecular weight is 529 g/mol. The molecule has 3 aromatic carbocycles. The third-order valence-corrected chi connectivity index (χ3v) is 8.69. The van der Waals surface area contributed by atoms with E-state index in [1.54, 1.807) is 12.1 Å². The summed E-state index contributed by atoms with van der Waals surface area (Å²) in [6, 6.07) is 23.5. The smallest absolute Gasteiger partial charge is 0.297 e. The van der Waals surface area contributed by atoms with Gasteiger partial charge in [-0.2, -0.15) is 8.42 Å². The molecule has 0 amide bonds. The molecular weight excluding hydrogens is 500 g/mol. The van der Waals surface area contributed by atoms with Gasteiger partial charge in [-0.05, 0) is 38.1 Å². The fourth-order valence-electron chi connectivity index (χ4n) is 4.21. The van der Waals surface area contributed by atoms with Gasteiger partial charge in [0.2, 0.25) is 0 Å². The minimum atomic E-state index is -4.19. The van der Waals surface area contributed by atoms with Crippen LogP contribution < -0.4 is 0 Å². The van der Waals surface area contributed by atoms with Gasteiger partial charge in [0.05, 0.1) is 11.5 Å². The molecule has 36 heavy (non-hydrogen) atoms. The highest BCUT2D eigenvalue weighted by molar-refractivity contribution is 7.99. The Labute approximate surface area is 215 Å². The largest absolute Gasteiger partial charge is 0.387 e. The summed E-state index contributed by atoms with van der Waals surface area (Å²) in [7, 11) is -4.19. The molecule has 0 spiro atoms. The first-order chi connectivity index (χ1) is 17.3. The summed E-state index contributed by atoms with van der Waals surface area (Å²) < 4.78 is 50.4. The van der Waals surface area contributed by atoms with Crippen LogP contribution in [-0.4, -0.2) is 50.0 Å². The molecule has 5 rings (SSSR count). The lowest BCUT2D eigenvalue weighted by atomic mass is 9.99. The molecule has 6 atom stereocenters. The van der Waals surface area contributed by atoms with Crippen LogP contribution in [-0.2, 0) is 28.5 Å². The summed E-state index contributed by atoms with van der Waals surface area (Å²) in [5, 5.41) is 11.3. The van der Waals surface area contributed by atoms with Gasteiger partial charge in [0.1, 0.15) is 29.9 Å². The SMILES string of the molecule is Cc1ccc(S[C@@H]2O[C@@H]3COC(c4ccccc4)O[C@H]3[C@H](OS(=O)(=O)c3ccc(C)cc3)[C@H]2O)cc1. The van der Waals surface area contributed by atoms with Gasteiger partial charge in [0.25, 0.3) is 10.1 Å². The van der Waals surface area contributed by atoms with Crippen molar-refractivity contribution in [2.75, 3.05) is 6.61 Å². The van der Waals surface area contributed by atoms with E-state index in [9.17, 15) is 13.5 Å². The van der Waals surface area contributed by atoms with E-state index in [-0.39, 0.29) is 11.5 Å². The average Bonchev–Trinajstić information content (AvgIpc) is 2.88. The van der Waals surface area contributed by atoms with E-state index in [0.29, 0.717) is 0 Å². The Morgan fingerprint density at radius 1 is 0.889 bits per heavy atom. The van der Waals surface area contributed by atoms with Crippen molar-refractivity contribution in [3.8, 4) is 0 Å². The Hall–Kier alpha value is -2.24. The van der Waals surface area contributed by atoms with Gasteiger partial charge in [-0.3, -0.25) is 4.18 Å². The molecule has 2 fully saturated rings. The van der Waals surface area contributed by atoms with Gasteiger partial charge in [0, 0.05) is 10.5 Å². The van der Waals surface area contributed by atoms with Crippen molar-refractivity contribution in [1.29, 1.82) is 0 Å². The van der Waals surface area contributed by atoms with Crippen LogP contribution in [0.4, 0.5) is 0 Å². The van der Waals surface area contributed by atoms with Crippen molar-refractivity contribution in [2.45, 2.75) is 59.8 Å². The van der Waals surface area contributed by atoms with Crippen molar-refractivity contribution in [3.05, 3.63) is 95.6 Å². The molecule has 2 aliphatic heterocycles. The van der Waals surface area contributed by atoms with E-state index < -0.39 is 46.3 Å². The number of aryl methyl sites for hydroxylation is 2. The fourth-order valence-corrected chi connectivity index (χ4v) is 6.36. The molecule has 1 unspecified atom stereocenters. The Bertz CT molecular complexity index is 1260. The first-order valence-electron chi connectivity index (χ1n) is 11.7. The molecule has 9 heteroatoms. The molecule has 2 saturated heterocycles. The van der Waals surface area contributed by atoms with E-state index in [0.717, 1.165) is 21.6 Å². The Morgan fingerprint density at radius 2 is 1.53 bits per heavy atom. The van der Waals surface area contributed by atoms with E-state index in [1.807, 2.05) is 68.4 Å². The number of benzene rings is 3. The highest BCUT2D eigenvalue weighted by Gasteiger charge is 2.52. The van der Waals surface area contributed by atoms with Crippen LogP contribution in [0.25, 0.3) is 0 Å². The van der Waals surface area contributed by atoms with E-state index in [1.165, 1.54) is 23.9 Å². The van der Waals surface area contributed by atoms with Gasteiger partial charge in [-0.25, -0.2) is 0 Å². The lowest BCUT2D eigenvalue weighted by molar-refractivity contribution is -0.314. The molecule has 0 radical (unpaired) electrons. The van der Waals surface area contributed by atoms with Crippen molar-refractivity contribution < 1.29 is 31.9 Å². The van der Waals surface area contributed by atoms with Crippen molar-refractivity contribution in [1.82, 2.24) is 0 Å². The van der Waals surface area contributed by atoms with Crippen molar-refractivity contribution in [3.63, 3.8) is 0 Å².